The van der Waals surface area contributed by atoms with Gasteiger partial charge in [-0.1, -0.05) is 12.1 Å². The van der Waals surface area contributed by atoms with Crippen LogP contribution in [0.3, 0.4) is 0 Å². The number of hydrogen-bond donors (Lipinski definition) is 0. The quantitative estimate of drug-likeness (QED) is 0.592. The van der Waals surface area contributed by atoms with E-state index < -0.39 is 11.9 Å². The van der Waals surface area contributed by atoms with E-state index in [1.165, 1.54) is 12.0 Å². The van der Waals surface area contributed by atoms with E-state index in [4.69, 9.17) is 5.26 Å². The van der Waals surface area contributed by atoms with Crippen LogP contribution >= 0.6 is 0 Å². The SMILES string of the molecule is COC(=O)/C=C/C(=O)N1CCN(Cc2ccc(C#N)cc2)C(=O)C1. The molecule has 0 bridgehead atoms. The van der Waals surface area contributed by atoms with Gasteiger partial charge in [-0.15, -0.1) is 0 Å². The van der Waals surface area contributed by atoms with Crippen LogP contribution in [0.15, 0.2) is 36.4 Å². The Kier molecular flexibility index (Phi) is 5.68. The van der Waals surface area contributed by atoms with Crippen LogP contribution in [0.4, 0.5) is 0 Å². The Balaban J connectivity index is 1.91. The van der Waals surface area contributed by atoms with Crippen molar-refractivity contribution in [3.63, 3.8) is 0 Å². The van der Waals surface area contributed by atoms with E-state index in [9.17, 15) is 14.4 Å². The molecule has 0 aromatic heterocycles. The number of methoxy groups -OCH3 is 1. The minimum absolute atomic E-state index is 0.0272. The number of nitriles is 1. The first-order valence-corrected chi connectivity index (χ1v) is 7.35. The Labute approximate surface area is 139 Å². The fraction of sp³-hybridized carbons (Fsp3) is 0.294. The lowest BCUT2D eigenvalue weighted by Gasteiger charge is -2.33. The Hall–Kier alpha value is -3.14. The summed E-state index contributed by atoms with van der Waals surface area (Å²) in [5.41, 5.74) is 1.49. The number of benzene rings is 1. The summed E-state index contributed by atoms with van der Waals surface area (Å²) in [5, 5.41) is 8.78. The smallest absolute Gasteiger partial charge is 0.330 e. The highest BCUT2D eigenvalue weighted by Crippen LogP contribution is 2.11. The normalized spacial score (nSPS) is 14.6. The molecule has 124 valence electrons. The molecule has 1 aliphatic rings. The summed E-state index contributed by atoms with van der Waals surface area (Å²) in [6.45, 7) is 1.22. The van der Waals surface area contributed by atoms with Crippen LogP contribution in [0.25, 0.3) is 0 Å². The van der Waals surface area contributed by atoms with E-state index in [1.807, 2.05) is 18.2 Å². The molecule has 0 atom stereocenters. The number of esters is 1. The van der Waals surface area contributed by atoms with E-state index in [0.717, 1.165) is 17.7 Å². The second-order valence-electron chi connectivity index (χ2n) is 5.24. The molecular formula is C17H17N3O4. The maximum Gasteiger partial charge on any atom is 0.330 e. The van der Waals surface area contributed by atoms with Gasteiger partial charge < -0.3 is 14.5 Å². The molecule has 7 heteroatoms. The average Bonchev–Trinajstić information content (AvgIpc) is 2.61. The van der Waals surface area contributed by atoms with Crippen molar-refractivity contribution in [1.29, 1.82) is 5.26 Å². The Bertz CT molecular complexity index is 704. The molecule has 0 saturated carbocycles. The molecule has 1 aliphatic heterocycles. The van der Waals surface area contributed by atoms with E-state index in [0.29, 0.717) is 25.2 Å². The van der Waals surface area contributed by atoms with Gasteiger partial charge in [0, 0.05) is 31.8 Å². The summed E-state index contributed by atoms with van der Waals surface area (Å²) in [4.78, 5) is 38.2. The molecular weight excluding hydrogens is 310 g/mol. The Morgan fingerprint density at radius 2 is 1.96 bits per heavy atom. The summed E-state index contributed by atoms with van der Waals surface area (Å²) in [6.07, 6.45) is 2.14. The number of carbonyl (C=O) groups excluding carboxylic acids is 3. The van der Waals surface area contributed by atoms with E-state index in [2.05, 4.69) is 4.74 Å². The maximum atomic E-state index is 12.2. The standard InChI is InChI=1S/C17H17N3O4/c1-24-17(23)7-6-15(21)20-9-8-19(16(22)12-20)11-14-4-2-13(10-18)3-5-14/h2-7H,8-9,11-12H2,1H3/b7-6+. The molecule has 7 nitrogen and oxygen atoms in total. The topological polar surface area (TPSA) is 90.7 Å². The summed E-state index contributed by atoms with van der Waals surface area (Å²) in [5.74, 6) is -1.17. The van der Waals surface area contributed by atoms with Crippen LogP contribution in [-0.2, 0) is 25.7 Å². The third-order valence-electron chi connectivity index (χ3n) is 3.65. The van der Waals surface area contributed by atoms with Gasteiger partial charge in [0.15, 0.2) is 0 Å². The molecule has 1 saturated heterocycles. The molecule has 2 amide bonds. The number of carbonyl (C=O) groups is 3. The van der Waals surface area contributed by atoms with Gasteiger partial charge in [0.25, 0.3) is 0 Å². The minimum Gasteiger partial charge on any atom is -0.466 e. The third kappa shape index (κ3) is 4.43. The van der Waals surface area contributed by atoms with Gasteiger partial charge in [0.1, 0.15) is 6.54 Å². The minimum atomic E-state index is -0.617. The zero-order chi connectivity index (χ0) is 17.5. The van der Waals surface area contributed by atoms with Crippen molar-refractivity contribution < 1.29 is 19.1 Å². The molecule has 0 N–H and O–H groups in total. The number of rotatable bonds is 4. The summed E-state index contributed by atoms with van der Waals surface area (Å²) in [6, 6.07) is 9.07. The average molecular weight is 327 g/mol. The van der Waals surface area contributed by atoms with Crippen molar-refractivity contribution in [1.82, 2.24) is 9.80 Å². The fourth-order valence-electron chi connectivity index (χ4n) is 2.28. The number of ether oxygens (including phenoxy) is 1. The monoisotopic (exact) mass is 327 g/mol. The van der Waals surface area contributed by atoms with Crippen LogP contribution in [-0.4, -0.2) is 54.3 Å². The van der Waals surface area contributed by atoms with Crippen molar-refractivity contribution in [2.45, 2.75) is 6.54 Å². The van der Waals surface area contributed by atoms with Gasteiger partial charge in [-0.25, -0.2) is 4.79 Å². The van der Waals surface area contributed by atoms with Crippen LogP contribution in [0.1, 0.15) is 11.1 Å². The van der Waals surface area contributed by atoms with Gasteiger partial charge >= 0.3 is 5.97 Å². The molecule has 1 aromatic carbocycles. The van der Waals surface area contributed by atoms with E-state index >= 15 is 0 Å². The van der Waals surface area contributed by atoms with Gasteiger partial charge in [-0.05, 0) is 17.7 Å². The predicted octanol–water partition coefficient (Wildman–Crippen LogP) is 0.458. The van der Waals surface area contributed by atoms with Crippen LogP contribution in [0.2, 0.25) is 0 Å². The molecule has 1 heterocycles. The van der Waals surface area contributed by atoms with Crippen LogP contribution in [0, 0.1) is 11.3 Å². The number of hydrogen-bond acceptors (Lipinski definition) is 5. The first kappa shape index (κ1) is 17.2. The molecule has 0 radical (unpaired) electrons. The largest absolute Gasteiger partial charge is 0.466 e. The highest BCUT2D eigenvalue weighted by Gasteiger charge is 2.26. The second-order valence-corrected chi connectivity index (χ2v) is 5.24. The highest BCUT2D eigenvalue weighted by atomic mass is 16.5. The van der Waals surface area contributed by atoms with Crippen molar-refractivity contribution in [3.05, 3.63) is 47.5 Å². The van der Waals surface area contributed by atoms with Crippen molar-refractivity contribution in [2.75, 3.05) is 26.7 Å². The number of piperazine rings is 1. The van der Waals surface area contributed by atoms with E-state index in [-0.39, 0.29) is 12.5 Å². The molecule has 2 rings (SSSR count). The highest BCUT2D eigenvalue weighted by molar-refractivity contribution is 5.96. The van der Waals surface area contributed by atoms with Crippen molar-refractivity contribution in [2.24, 2.45) is 0 Å². The van der Waals surface area contributed by atoms with Crippen LogP contribution < -0.4 is 0 Å². The van der Waals surface area contributed by atoms with Gasteiger partial charge in [-0.3, -0.25) is 9.59 Å². The van der Waals surface area contributed by atoms with E-state index in [1.54, 1.807) is 17.0 Å². The lowest BCUT2D eigenvalue weighted by molar-refractivity contribution is -0.143. The molecule has 0 aliphatic carbocycles. The molecule has 1 fully saturated rings. The van der Waals surface area contributed by atoms with Gasteiger partial charge in [0.2, 0.25) is 11.8 Å². The van der Waals surface area contributed by atoms with Crippen molar-refractivity contribution in [3.8, 4) is 6.07 Å². The van der Waals surface area contributed by atoms with Crippen LogP contribution in [0.5, 0.6) is 0 Å². The predicted molar refractivity (Wildman–Crippen MR) is 84.3 cm³/mol. The first-order chi connectivity index (χ1) is 11.5. The summed E-state index contributed by atoms with van der Waals surface area (Å²) in [7, 11) is 1.22. The van der Waals surface area contributed by atoms with Gasteiger partial charge in [0.05, 0.1) is 18.7 Å². The number of nitrogens with zero attached hydrogens (tertiary/aromatic N) is 3. The second kappa shape index (κ2) is 7.92. The maximum absolute atomic E-state index is 12.2. The first-order valence-electron chi connectivity index (χ1n) is 7.35. The lowest BCUT2D eigenvalue weighted by atomic mass is 10.1. The zero-order valence-electron chi connectivity index (χ0n) is 13.3. The summed E-state index contributed by atoms with van der Waals surface area (Å²) >= 11 is 0. The third-order valence-corrected chi connectivity index (χ3v) is 3.65. The zero-order valence-corrected chi connectivity index (χ0v) is 13.3. The number of amides is 2. The lowest BCUT2D eigenvalue weighted by Crippen LogP contribution is -2.51. The molecule has 1 aromatic rings. The van der Waals surface area contributed by atoms with Crippen molar-refractivity contribution >= 4 is 17.8 Å². The Morgan fingerprint density at radius 1 is 1.25 bits per heavy atom. The van der Waals surface area contributed by atoms with Gasteiger partial charge in [-0.2, -0.15) is 5.26 Å². The molecule has 24 heavy (non-hydrogen) atoms. The molecule has 0 spiro atoms. The summed E-state index contributed by atoms with van der Waals surface area (Å²) < 4.78 is 4.42. The Morgan fingerprint density at radius 3 is 2.54 bits per heavy atom. The fourth-order valence-corrected chi connectivity index (χ4v) is 2.28. The molecule has 0 unspecified atom stereocenters.